The van der Waals surface area contributed by atoms with Gasteiger partial charge >= 0.3 is 0 Å². The summed E-state index contributed by atoms with van der Waals surface area (Å²) in [5.74, 6) is -0.119. The van der Waals surface area contributed by atoms with E-state index in [1.807, 2.05) is 109 Å². The Kier molecular flexibility index (Phi) is 7.00. The van der Waals surface area contributed by atoms with Crippen molar-refractivity contribution in [2.24, 2.45) is 0 Å². The first-order valence-electron chi connectivity index (χ1n) is 12.2. The summed E-state index contributed by atoms with van der Waals surface area (Å²) in [5, 5.41) is 23.0. The second kappa shape index (κ2) is 10.8. The Labute approximate surface area is 216 Å². The first kappa shape index (κ1) is 23.9. The lowest BCUT2D eigenvalue weighted by Gasteiger charge is -2.24. The van der Waals surface area contributed by atoms with Gasteiger partial charge in [-0.15, -0.1) is 0 Å². The molecule has 5 aromatic carbocycles. The minimum atomic E-state index is -0.316. The summed E-state index contributed by atoms with van der Waals surface area (Å²) in [4.78, 5) is 13.9. The zero-order chi connectivity index (χ0) is 25.6. The molecule has 0 aromatic heterocycles. The normalized spacial score (nSPS) is 11.0. The third-order valence-corrected chi connectivity index (χ3v) is 6.51. The quantitative estimate of drug-likeness (QED) is 0.222. The van der Waals surface area contributed by atoms with E-state index in [2.05, 4.69) is 5.32 Å². The third-order valence-electron chi connectivity index (χ3n) is 6.51. The molecule has 182 valence electrons. The van der Waals surface area contributed by atoms with Crippen LogP contribution in [0.2, 0.25) is 0 Å². The fourth-order valence-electron chi connectivity index (χ4n) is 4.70. The molecule has 4 nitrogen and oxygen atoms in total. The highest BCUT2D eigenvalue weighted by Gasteiger charge is 2.25. The number of rotatable bonds is 7. The molecule has 0 heterocycles. The number of hydrogen-bond acceptors (Lipinski definition) is 3. The van der Waals surface area contributed by atoms with Crippen molar-refractivity contribution in [1.82, 2.24) is 5.32 Å². The van der Waals surface area contributed by atoms with Crippen molar-refractivity contribution >= 4 is 5.91 Å². The highest BCUT2D eigenvalue weighted by atomic mass is 16.3. The predicted octanol–water partition coefficient (Wildman–Crippen LogP) is 6.80. The number of amides is 1. The maximum absolute atomic E-state index is 13.9. The minimum absolute atomic E-state index is 0.174. The van der Waals surface area contributed by atoms with Gasteiger partial charge in [0.1, 0.15) is 11.5 Å². The fourth-order valence-corrected chi connectivity index (χ4v) is 4.70. The van der Waals surface area contributed by atoms with Gasteiger partial charge in [-0.3, -0.25) is 4.79 Å². The Morgan fingerprint density at radius 1 is 0.514 bits per heavy atom. The standard InChI is InChI=1S/C33H27NO3/c35-27-19-15-23(16-20-27)31(24-17-21-28(36)22-18-24)29-13-7-8-14-30(29)33(37)34-32(25-9-3-1-4-10-25)26-11-5-2-6-12-26/h1-22,31-32,35-36H,(H,34,37). The SMILES string of the molecule is O=C(NC(c1ccccc1)c1ccccc1)c1ccccc1C(c1ccc(O)cc1)c1ccc(O)cc1. The number of phenols is 2. The molecule has 0 spiro atoms. The van der Waals surface area contributed by atoms with Gasteiger partial charge in [0.05, 0.1) is 6.04 Å². The van der Waals surface area contributed by atoms with Gasteiger partial charge < -0.3 is 15.5 Å². The van der Waals surface area contributed by atoms with Crippen molar-refractivity contribution in [3.8, 4) is 11.5 Å². The van der Waals surface area contributed by atoms with E-state index < -0.39 is 0 Å². The second-order valence-corrected chi connectivity index (χ2v) is 8.93. The molecule has 5 rings (SSSR count). The van der Waals surface area contributed by atoms with Crippen LogP contribution in [0.5, 0.6) is 11.5 Å². The lowest BCUT2D eigenvalue weighted by Crippen LogP contribution is -2.30. The van der Waals surface area contributed by atoms with E-state index >= 15 is 0 Å². The minimum Gasteiger partial charge on any atom is -0.508 e. The Bertz CT molecular complexity index is 1380. The maximum atomic E-state index is 13.9. The monoisotopic (exact) mass is 485 g/mol. The maximum Gasteiger partial charge on any atom is 0.252 e. The fraction of sp³-hybridized carbons (Fsp3) is 0.0606. The molecule has 5 aromatic rings. The average Bonchev–Trinajstić information content (AvgIpc) is 2.95. The Morgan fingerprint density at radius 2 is 0.946 bits per heavy atom. The molecule has 0 radical (unpaired) electrons. The zero-order valence-corrected chi connectivity index (χ0v) is 20.2. The van der Waals surface area contributed by atoms with Crippen molar-refractivity contribution in [2.45, 2.75) is 12.0 Å². The van der Waals surface area contributed by atoms with Gasteiger partial charge in [0, 0.05) is 11.5 Å². The molecule has 37 heavy (non-hydrogen) atoms. The van der Waals surface area contributed by atoms with Gasteiger partial charge in [-0.1, -0.05) is 103 Å². The summed E-state index contributed by atoms with van der Waals surface area (Å²) >= 11 is 0. The van der Waals surface area contributed by atoms with E-state index in [1.54, 1.807) is 24.3 Å². The van der Waals surface area contributed by atoms with Gasteiger partial charge in [-0.25, -0.2) is 0 Å². The second-order valence-electron chi connectivity index (χ2n) is 8.93. The van der Waals surface area contributed by atoms with E-state index in [-0.39, 0.29) is 29.4 Å². The summed E-state index contributed by atoms with van der Waals surface area (Å²) in [6, 6.07) is 41.1. The van der Waals surface area contributed by atoms with Crippen molar-refractivity contribution in [2.75, 3.05) is 0 Å². The van der Waals surface area contributed by atoms with E-state index in [1.165, 1.54) is 0 Å². The van der Waals surface area contributed by atoms with Crippen LogP contribution in [0.25, 0.3) is 0 Å². The topological polar surface area (TPSA) is 69.6 Å². The number of aromatic hydroxyl groups is 2. The van der Waals surface area contributed by atoms with Crippen molar-refractivity contribution < 1.29 is 15.0 Å². The molecule has 0 bridgehead atoms. The van der Waals surface area contributed by atoms with E-state index in [0.717, 1.165) is 27.8 Å². The van der Waals surface area contributed by atoms with Gasteiger partial charge in [0.2, 0.25) is 0 Å². The van der Waals surface area contributed by atoms with E-state index in [4.69, 9.17) is 0 Å². The van der Waals surface area contributed by atoms with Crippen LogP contribution in [0.3, 0.4) is 0 Å². The molecular formula is C33H27NO3. The van der Waals surface area contributed by atoms with Crippen LogP contribution in [0.4, 0.5) is 0 Å². The van der Waals surface area contributed by atoms with Gasteiger partial charge in [-0.2, -0.15) is 0 Å². The average molecular weight is 486 g/mol. The van der Waals surface area contributed by atoms with Crippen LogP contribution < -0.4 is 5.32 Å². The van der Waals surface area contributed by atoms with E-state index in [9.17, 15) is 15.0 Å². The number of hydrogen-bond donors (Lipinski definition) is 3. The summed E-state index contributed by atoms with van der Waals surface area (Å²) in [5.41, 5.74) is 5.22. The molecular weight excluding hydrogens is 458 g/mol. The molecule has 4 heteroatoms. The number of nitrogens with one attached hydrogen (secondary N) is 1. The predicted molar refractivity (Wildman–Crippen MR) is 146 cm³/mol. The molecule has 0 aliphatic heterocycles. The molecule has 3 N–H and O–H groups in total. The van der Waals surface area contributed by atoms with Gasteiger partial charge in [0.15, 0.2) is 0 Å². The summed E-state index contributed by atoms with van der Waals surface area (Å²) in [6.07, 6.45) is 0. The van der Waals surface area contributed by atoms with Crippen LogP contribution in [-0.2, 0) is 0 Å². The zero-order valence-electron chi connectivity index (χ0n) is 20.2. The number of benzene rings is 5. The van der Waals surface area contributed by atoms with Crippen LogP contribution in [-0.4, -0.2) is 16.1 Å². The highest BCUT2D eigenvalue weighted by molar-refractivity contribution is 5.96. The molecule has 0 atom stereocenters. The van der Waals surface area contributed by atoms with Crippen molar-refractivity contribution in [3.63, 3.8) is 0 Å². The number of carbonyl (C=O) groups excluding carboxylic acids is 1. The Balaban J connectivity index is 1.57. The molecule has 0 saturated carbocycles. The molecule has 0 aliphatic rings. The van der Waals surface area contributed by atoms with Crippen LogP contribution >= 0.6 is 0 Å². The first-order chi connectivity index (χ1) is 18.1. The van der Waals surface area contributed by atoms with Crippen molar-refractivity contribution in [3.05, 3.63) is 167 Å². The first-order valence-corrected chi connectivity index (χ1v) is 12.2. The summed E-state index contributed by atoms with van der Waals surface area (Å²) in [7, 11) is 0. The highest BCUT2D eigenvalue weighted by Crippen LogP contribution is 2.36. The lowest BCUT2D eigenvalue weighted by molar-refractivity contribution is 0.0942. The summed E-state index contributed by atoms with van der Waals surface area (Å²) in [6.45, 7) is 0. The Hall–Kier alpha value is -4.83. The number of carbonyl (C=O) groups is 1. The smallest absolute Gasteiger partial charge is 0.252 e. The van der Waals surface area contributed by atoms with E-state index in [0.29, 0.717) is 5.56 Å². The largest absolute Gasteiger partial charge is 0.508 e. The third kappa shape index (κ3) is 5.39. The summed E-state index contributed by atoms with van der Waals surface area (Å²) < 4.78 is 0. The molecule has 0 fully saturated rings. The van der Waals surface area contributed by atoms with Crippen LogP contribution in [0.15, 0.2) is 133 Å². The Morgan fingerprint density at radius 3 is 1.43 bits per heavy atom. The van der Waals surface area contributed by atoms with Gasteiger partial charge in [-0.05, 0) is 58.1 Å². The van der Waals surface area contributed by atoms with Crippen molar-refractivity contribution in [1.29, 1.82) is 0 Å². The lowest BCUT2D eigenvalue weighted by atomic mass is 9.82. The van der Waals surface area contributed by atoms with Crippen LogP contribution in [0.1, 0.15) is 50.1 Å². The molecule has 1 amide bonds. The molecule has 0 unspecified atom stereocenters. The van der Waals surface area contributed by atoms with Gasteiger partial charge in [0.25, 0.3) is 5.91 Å². The molecule has 0 saturated heterocycles. The van der Waals surface area contributed by atoms with Crippen LogP contribution in [0, 0.1) is 0 Å². The number of phenolic OH excluding ortho intramolecular Hbond substituents is 2. The molecule has 0 aliphatic carbocycles.